The molecule has 7 amide bonds. The number of carboxylic acid groups (broad SMARTS) is 1. The highest BCUT2D eigenvalue weighted by Gasteiger charge is 2.44. The zero-order valence-corrected chi connectivity index (χ0v) is 69.7. The number of rotatable bonds is 53. The Balaban J connectivity index is 0.00000173. The first-order valence-corrected chi connectivity index (χ1v) is 39.2. The molecule has 0 aromatic heterocycles. The van der Waals surface area contributed by atoms with Crippen molar-refractivity contribution < 1.29 is 126 Å². The molecule has 1 heterocycles. The van der Waals surface area contributed by atoms with Gasteiger partial charge in [0.1, 0.15) is 31.1 Å². The lowest BCUT2D eigenvalue weighted by atomic mass is 9.89. The molecule has 0 bridgehead atoms. The molecule has 1 aromatic carbocycles. The SMILES string of the molecule is CCC(CO)OC(CO)OC.CCC(CO)OC(COC(=O)NCCC(=O)C1CCC[C@H]1C(=O)OCCCNC(=O)[C@H](Cc1ccccc1)NC(=O)[C@H](C)[C@@H](OC)[C@@H]1CCCN1C(=O)C[C@@H](OC)[C@H]([C@@H](C)CC)N(C)C(=O)[C@@H](NC(=O)[C@H](C(C)C)N(C)C)C(C)C)OC.CCC(CO)OC(COC(=O)NCCC(=O)O)OC. The van der Waals surface area contributed by atoms with Gasteiger partial charge in [0.05, 0.1) is 106 Å². The number of ketones is 1. The predicted octanol–water partition coefficient (Wildman–Crippen LogP) is 3.96. The van der Waals surface area contributed by atoms with Crippen LogP contribution in [0.4, 0.5) is 9.59 Å². The number of carbonyl (C=O) groups is 10. The molecule has 34 heteroatoms. The monoisotopic (exact) mass is 1600 g/mol. The lowest BCUT2D eigenvalue weighted by molar-refractivity contribution is -0.181. The number of hydrogen-bond donors (Lipinski definition) is 10. The van der Waals surface area contributed by atoms with Crippen LogP contribution in [-0.4, -0.2) is 308 Å². The van der Waals surface area contributed by atoms with E-state index in [0.717, 1.165) is 5.56 Å². The number of Topliss-reactive ketones (excluding diaryl/α,β-unsaturated/α-hetero) is 1. The molecule has 10 N–H and O–H groups in total. The fourth-order valence-electron chi connectivity index (χ4n) is 13.2. The largest absolute Gasteiger partial charge is 0.481 e. The average Bonchev–Trinajstić information content (AvgIpc) is 1.49. The number of methoxy groups -OCH3 is 5. The van der Waals surface area contributed by atoms with Crippen LogP contribution in [0.15, 0.2) is 30.3 Å². The minimum absolute atomic E-state index is 0.00138. The summed E-state index contributed by atoms with van der Waals surface area (Å²) in [5.74, 6) is -5.59. The third-order valence-corrected chi connectivity index (χ3v) is 19.9. The summed E-state index contributed by atoms with van der Waals surface area (Å²) >= 11 is 0. The van der Waals surface area contributed by atoms with Crippen LogP contribution in [0.1, 0.15) is 158 Å². The van der Waals surface area contributed by atoms with E-state index in [9.17, 15) is 53.1 Å². The van der Waals surface area contributed by atoms with Crippen LogP contribution >= 0.6 is 0 Å². The number of aliphatic hydroxyl groups is 4. The number of benzene rings is 1. The van der Waals surface area contributed by atoms with Crippen molar-refractivity contribution in [3.63, 3.8) is 0 Å². The molecule has 2 aliphatic rings. The number of aliphatic hydroxyl groups excluding tert-OH is 4. The second kappa shape index (κ2) is 58.1. The van der Waals surface area contributed by atoms with Crippen LogP contribution in [0, 0.1) is 35.5 Å². The number of nitrogens with zero attached hydrogens (tertiary/aromatic N) is 3. The number of carboxylic acids is 1. The van der Waals surface area contributed by atoms with Crippen molar-refractivity contribution in [3.8, 4) is 0 Å². The molecule has 34 nitrogen and oxygen atoms in total. The molecule has 2 fully saturated rings. The number of hydrogen-bond acceptors (Lipinski definition) is 26. The molecule has 3 rings (SSSR count). The van der Waals surface area contributed by atoms with Gasteiger partial charge in [0.15, 0.2) is 18.9 Å². The smallest absolute Gasteiger partial charge is 0.407 e. The van der Waals surface area contributed by atoms with Gasteiger partial charge >= 0.3 is 24.1 Å². The van der Waals surface area contributed by atoms with Crippen LogP contribution in [0.25, 0.3) is 0 Å². The first kappa shape index (κ1) is 103. The number of esters is 1. The molecule has 0 spiro atoms. The molecule has 646 valence electrons. The Kier molecular flexibility index (Phi) is 53.5. The number of likely N-dealkylation sites (tertiary alicyclic amines) is 1. The van der Waals surface area contributed by atoms with Crippen LogP contribution in [-0.2, 0) is 96.9 Å². The van der Waals surface area contributed by atoms with Crippen molar-refractivity contribution in [3.05, 3.63) is 35.9 Å². The summed E-state index contributed by atoms with van der Waals surface area (Å²) in [4.78, 5) is 136. The topological polar surface area (TPSA) is 443 Å². The Hall–Kier alpha value is -6.80. The van der Waals surface area contributed by atoms with Crippen molar-refractivity contribution in [2.75, 3.05) is 129 Å². The third kappa shape index (κ3) is 37.7. The minimum Gasteiger partial charge on any atom is -0.481 e. The van der Waals surface area contributed by atoms with Gasteiger partial charge in [-0.1, -0.05) is 112 Å². The van der Waals surface area contributed by atoms with E-state index >= 15 is 0 Å². The maximum atomic E-state index is 14.5. The van der Waals surface area contributed by atoms with E-state index in [-0.39, 0.29) is 151 Å². The van der Waals surface area contributed by atoms with E-state index in [4.69, 9.17) is 72.5 Å². The van der Waals surface area contributed by atoms with Gasteiger partial charge in [0.25, 0.3) is 0 Å². The lowest BCUT2D eigenvalue weighted by Crippen LogP contribution is -2.59. The highest BCUT2D eigenvalue weighted by atomic mass is 16.7. The van der Waals surface area contributed by atoms with Crippen LogP contribution in [0.2, 0.25) is 0 Å². The number of nitrogens with one attached hydrogen (secondary N) is 5. The fourth-order valence-corrected chi connectivity index (χ4v) is 13.2. The number of likely N-dealkylation sites (N-methyl/N-ethyl adjacent to an activating group) is 2. The molecular weight excluding hydrogens is 1460 g/mol. The van der Waals surface area contributed by atoms with Gasteiger partial charge in [-0.05, 0) is 88.8 Å². The Morgan fingerprint density at radius 3 is 1.57 bits per heavy atom. The van der Waals surface area contributed by atoms with E-state index < -0.39 is 121 Å². The van der Waals surface area contributed by atoms with Gasteiger partial charge in [-0.25, -0.2) is 9.59 Å². The van der Waals surface area contributed by atoms with E-state index in [1.807, 2.05) is 112 Å². The zero-order chi connectivity index (χ0) is 84.6. The van der Waals surface area contributed by atoms with Crippen molar-refractivity contribution in [1.29, 1.82) is 0 Å². The summed E-state index contributed by atoms with van der Waals surface area (Å²) in [6.07, 6.45) is -0.680. The second-order valence-corrected chi connectivity index (χ2v) is 28.8. The molecule has 112 heavy (non-hydrogen) atoms. The normalized spacial score (nSPS) is 18.5. The Labute approximate surface area is 663 Å². The lowest BCUT2D eigenvalue weighted by Gasteiger charge is -2.41. The maximum absolute atomic E-state index is 14.5. The predicted molar refractivity (Wildman–Crippen MR) is 414 cm³/mol. The van der Waals surface area contributed by atoms with Gasteiger partial charge in [0.2, 0.25) is 29.5 Å². The molecular formula is C78H138N8O26. The maximum Gasteiger partial charge on any atom is 0.407 e. The minimum atomic E-state index is -1.01. The number of alkyl carbamates (subject to hydrolysis) is 2. The van der Waals surface area contributed by atoms with Gasteiger partial charge in [-0.3, -0.25) is 43.3 Å². The van der Waals surface area contributed by atoms with Gasteiger partial charge in [0, 0.05) is 87.5 Å². The van der Waals surface area contributed by atoms with Crippen LogP contribution in [0.3, 0.4) is 0 Å². The number of aliphatic carboxylic acids is 1. The van der Waals surface area contributed by atoms with Crippen molar-refractivity contribution in [2.24, 2.45) is 35.5 Å². The summed E-state index contributed by atoms with van der Waals surface area (Å²) in [5, 5.41) is 57.7. The first-order chi connectivity index (χ1) is 53.3. The van der Waals surface area contributed by atoms with E-state index in [1.54, 1.807) is 23.8 Å². The highest BCUT2D eigenvalue weighted by Crippen LogP contribution is 2.35. The Morgan fingerprint density at radius 2 is 1.11 bits per heavy atom. The van der Waals surface area contributed by atoms with Gasteiger partial charge in [-0.2, -0.15) is 0 Å². The van der Waals surface area contributed by atoms with E-state index in [0.29, 0.717) is 64.3 Å². The van der Waals surface area contributed by atoms with Crippen molar-refractivity contribution >= 4 is 59.4 Å². The molecule has 1 saturated heterocycles. The van der Waals surface area contributed by atoms with Gasteiger partial charge < -0.3 is 114 Å². The van der Waals surface area contributed by atoms with Crippen LogP contribution in [0.5, 0.6) is 0 Å². The first-order valence-electron chi connectivity index (χ1n) is 39.2. The van der Waals surface area contributed by atoms with Crippen LogP contribution < -0.4 is 26.6 Å². The Morgan fingerprint density at radius 1 is 0.571 bits per heavy atom. The summed E-state index contributed by atoms with van der Waals surface area (Å²) in [6.45, 7) is 18.6. The molecule has 1 aliphatic carbocycles. The van der Waals surface area contributed by atoms with Crippen molar-refractivity contribution in [1.82, 2.24) is 41.3 Å². The summed E-state index contributed by atoms with van der Waals surface area (Å²) in [6, 6.07) is 6.02. The van der Waals surface area contributed by atoms with E-state index in [1.165, 1.54) is 35.5 Å². The van der Waals surface area contributed by atoms with E-state index in [2.05, 4.69) is 26.6 Å². The standard InChI is InChI=1S/C60H101N7O15.C11H21NO7.C7H16O4/c1-15-39(7)53(66(11)58(74)51(37(3)4)64-57(73)52(38(5)6)65(9)10)48(77-12)34-49(70)67-31-21-27-46(67)54(79-14)40(8)55(71)63-45(33-41-23-18-17-19-24-41)56(72)61-29-22-32-80-59(75)44-26-20-25-43(44)47(69)28-30-62-60(76)81-36-50(78-13)82-42(16-2)35-68;1-3-8(6-13)19-10(17-2)7-18-11(16)12-5-4-9(14)15;1-3-6(4-8)11-7(5-9)10-2/h17-19,23-24,37-40,42-46,48,50-54,68H,15-16,20-22,25-36H2,1-14H3,(H,61,72)(H,62,76)(H,63,71)(H,64,73);8,10,13H,3-7H2,1-2H3,(H,12,16)(H,14,15);6-9H,3-5H2,1-2H3/t39-,40+,42?,43?,44+,45-,46-,48+,50?,51-,52-,53-,54+;;/m0../s1. The number of ether oxygens (including phenoxy) is 11. The van der Waals surface area contributed by atoms with Crippen molar-refractivity contribution in [2.45, 2.75) is 239 Å². The van der Waals surface area contributed by atoms with Gasteiger partial charge in [-0.15, -0.1) is 0 Å². The molecule has 1 aromatic rings. The molecule has 0 radical (unpaired) electrons. The zero-order valence-electron chi connectivity index (χ0n) is 69.7. The molecule has 17 atom stereocenters. The average molecular weight is 1600 g/mol. The Bertz CT molecular complexity index is 2820. The molecule has 7 unspecified atom stereocenters. The third-order valence-electron chi connectivity index (χ3n) is 19.9. The number of amides is 7. The molecule has 1 saturated carbocycles. The summed E-state index contributed by atoms with van der Waals surface area (Å²) < 4.78 is 58.5. The summed E-state index contributed by atoms with van der Waals surface area (Å²) in [5.41, 5.74) is 0.812. The quantitative estimate of drug-likeness (QED) is 0.0191. The summed E-state index contributed by atoms with van der Waals surface area (Å²) in [7, 11) is 12.7. The highest BCUT2D eigenvalue weighted by molar-refractivity contribution is 5.91. The second-order valence-electron chi connectivity index (χ2n) is 28.8. The molecule has 1 aliphatic heterocycles. The fraction of sp³-hybridized carbons (Fsp3) is 0.795. The number of carbonyl (C=O) groups excluding carboxylic acids is 9.